The summed E-state index contributed by atoms with van der Waals surface area (Å²) in [5, 5.41) is 4.33. The van der Waals surface area contributed by atoms with Crippen molar-refractivity contribution in [3.05, 3.63) is 70.2 Å². The summed E-state index contributed by atoms with van der Waals surface area (Å²) < 4.78 is 0. The van der Waals surface area contributed by atoms with Gasteiger partial charge in [-0.3, -0.25) is 0 Å². The van der Waals surface area contributed by atoms with Crippen LogP contribution in [0.3, 0.4) is 0 Å². The van der Waals surface area contributed by atoms with Crippen LogP contribution in [0.15, 0.2) is 48.5 Å². The van der Waals surface area contributed by atoms with Gasteiger partial charge in [-0.1, -0.05) is 60.8 Å². The van der Waals surface area contributed by atoms with Gasteiger partial charge in [0.05, 0.1) is 0 Å². The summed E-state index contributed by atoms with van der Waals surface area (Å²) in [6.45, 7) is 3.34. The zero-order chi connectivity index (χ0) is 15.5. The normalized spacial score (nSPS) is 22.2. The van der Waals surface area contributed by atoms with Crippen molar-refractivity contribution < 1.29 is 0 Å². The molecule has 1 aliphatic rings. The molecule has 3 rings (SSSR count). The fourth-order valence-corrected chi connectivity index (χ4v) is 3.70. The number of hydrogen-bond donors (Lipinski definition) is 1. The first-order valence-corrected chi connectivity index (χ1v) is 8.13. The average Bonchev–Trinajstić information content (AvgIpc) is 3.04. The highest BCUT2D eigenvalue weighted by atomic mass is 35.5. The van der Waals surface area contributed by atoms with Gasteiger partial charge in [0.1, 0.15) is 0 Å². The molecule has 3 atom stereocenters. The van der Waals surface area contributed by atoms with E-state index in [-0.39, 0.29) is 0 Å². The molecule has 0 radical (unpaired) electrons. The summed E-state index contributed by atoms with van der Waals surface area (Å²) in [6.07, 6.45) is 6.84. The monoisotopic (exact) mass is 309 g/mol. The van der Waals surface area contributed by atoms with Gasteiger partial charge in [0.25, 0.3) is 0 Å². The zero-order valence-corrected chi connectivity index (χ0v) is 13.5. The minimum absolute atomic E-state index is 0.290. The summed E-state index contributed by atoms with van der Waals surface area (Å²) in [6, 6.07) is 16.9. The lowest BCUT2D eigenvalue weighted by molar-refractivity contribution is 0.398. The lowest BCUT2D eigenvalue weighted by atomic mass is 9.79. The molecule has 1 aliphatic heterocycles. The van der Waals surface area contributed by atoms with Crippen LogP contribution in [-0.4, -0.2) is 6.54 Å². The second-order valence-electron chi connectivity index (χ2n) is 5.96. The van der Waals surface area contributed by atoms with E-state index in [2.05, 4.69) is 54.6 Å². The second-order valence-corrected chi connectivity index (χ2v) is 6.40. The predicted molar refractivity (Wildman–Crippen MR) is 93.1 cm³/mol. The molecule has 0 aliphatic carbocycles. The van der Waals surface area contributed by atoms with Crippen molar-refractivity contribution in [2.45, 2.75) is 25.3 Å². The van der Waals surface area contributed by atoms with E-state index in [1.54, 1.807) is 0 Å². The number of hydrogen-bond acceptors (Lipinski definition) is 1. The molecule has 0 aromatic heterocycles. The Morgan fingerprint density at radius 3 is 2.73 bits per heavy atom. The Morgan fingerprint density at radius 1 is 1.23 bits per heavy atom. The van der Waals surface area contributed by atoms with Crippen molar-refractivity contribution >= 4 is 11.6 Å². The highest BCUT2D eigenvalue weighted by molar-refractivity contribution is 6.30. The number of nitrogens with one attached hydrogen (secondary N) is 1. The first-order valence-electron chi connectivity index (χ1n) is 7.75. The first kappa shape index (κ1) is 15.2. The SMILES string of the molecule is C#Cc1cc(Cl)ccc1[C@H]1NCC[C@H]1[C@H](C)c1ccccc1. The molecule has 1 nitrogen and oxygen atoms in total. The number of benzene rings is 2. The summed E-state index contributed by atoms with van der Waals surface area (Å²) >= 11 is 6.08. The van der Waals surface area contributed by atoms with Crippen LogP contribution in [0.2, 0.25) is 5.02 Å². The number of halogens is 1. The van der Waals surface area contributed by atoms with Crippen LogP contribution in [-0.2, 0) is 0 Å². The van der Waals surface area contributed by atoms with E-state index in [9.17, 15) is 0 Å². The molecular formula is C20H20ClN. The van der Waals surface area contributed by atoms with Gasteiger partial charge in [0, 0.05) is 16.6 Å². The van der Waals surface area contributed by atoms with Gasteiger partial charge in [-0.25, -0.2) is 0 Å². The summed E-state index contributed by atoms with van der Waals surface area (Å²) in [5.41, 5.74) is 3.48. The maximum Gasteiger partial charge on any atom is 0.0418 e. The minimum atomic E-state index is 0.290. The van der Waals surface area contributed by atoms with Crippen LogP contribution >= 0.6 is 11.6 Å². The third-order valence-corrected chi connectivity index (χ3v) is 4.98. The van der Waals surface area contributed by atoms with Crippen molar-refractivity contribution in [1.29, 1.82) is 0 Å². The van der Waals surface area contributed by atoms with Crippen molar-refractivity contribution in [3.8, 4) is 12.3 Å². The fourth-order valence-electron chi connectivity index (χ4n) is 3.53. The lowest BCUT2D eigenvalue weighted by Gasteiger charge is -2.27. The van der Waals surface area contributed by atoms with Crippen LogP contribution < -0.4 is 5.32 Å². The van der Waals surface area contributed by atoms with Crippen LogP contribution in [0.5, 0.6) is 0 Å². The Labute approximate surface area is 137 Å². The maximum absolute atomic E-state index is 6.08. The Balaban J connectivity index is 1.93. The van der Waals surface area contributed by atoms with Crippen molar-refractivity contribution in [2.75, 3.05) is 6.54 Å². The van der Waals surface area contributed by atoms with Gasteiger partial charge in [-0.05, 0) is 48.1 Å². The molecule has 1 N–H and O–H groups in total. The average molecular weight is 310 g/mol. The Kier molecular flexibility index (Phi) is 4.52. The quantitative estimate of drug-likeness (QED) is 0.805. The molecule has 22 heavy (non-hydrogen) atoms. The highest BCUT2D eigenvalue weighted by Gasteiger charge is 2.33. The topological polar surface area (TPSA) is 12.0 Å². The fraction of sp³-hybridized carbons (Fsp3) is 0.300. The molecular weight excluding hydrogens is 290 g/mol. The molecule has 0 unspecified atom stereocenters. The lowest BCUT2D eigenvalue weighted by Crippen LogP contribution is -2.22. The van der Waals surface area contributed by atoms with E-state index in [0.717, 1.165) is 18.5 Å². The Hall–Kier alpha value is -1.75. The summed E-state index contributed by atoms with van der Waals surface area (Å²) in [7, 11) is 0. The third-order valence-electron chi connectivity index (χ3n) is 4.74. The predicted octanol–water partition coefficient (Wildman–Crippen LogP) is 4.78. The molecule has 2 aromatic rings. The molecule has 2 heteroatoms. The molecule has 0 bridgehead atoms. The maximum atomic E-state index is 6.08. The summed E-state index contributed by atoms with van der Waals surface area (Å²) in [5.74, 6) is 3.81. The zero-order valence-electron chi connectivity index (χ0n) is 12.7. The summed E-state index contributed by atoms with van der Waals surface area (Å²) in [4.78, 5) is 0. The second kappa shape index (κ2) is 6.57. The molecule has 0 spiro atoms. The number of rotatable bonds is 3. The van der Waals surface area contributed by atoms with Crippen LogP contribution in [0.25, 0.3) is 0 Å². The van der Waals surface area contributed by atoms with Crippen molar-refractivity contribution in [1.82, 2.24) is 5.32 Å². The van der Waals surface area contributed by atoms with Crippen molar-refractivity contribution in [2.24, 2.45) is 5.92 Å². The first-order chi connectivity index (χ1) is 10.7. The van der Waals surface area contributed by atoms with Gasteiger partial charge < -0.3 is 5.32 Å². The van der Waals surface area contributed by atoms with Gasteiger partial charge in [0.2, 0.25) is 0 Å². The molecule has 1 heterocycles. The van der Waals surface area contributed by atoms with Crippen LogP contribution in [0.4, 0.5) is 0 Å². The van der Waals surface area contributed by atoms with Crippen molar-refractivity contribution in [3.63, 3.8) is 0 Å². The highest BCUT2D eigenvalue weighted by Crippen LogP contribution is 2.41. The van der Waals surface area contributed by atoms with E-state index in [1.165, 1.54) is 11.1 Å². The van der Waals surface area contributed by atoms with E-state index in [1.807, 2.05) is 12.1 Å². The molecule has 1 fully saturated rings. The minimum Gasteiger partial charge on any atom is -0.310 e. The standard InChI is InChI=1S/C20H20ClN/c1-3-15-13-17(21)9-10-19(15)20-18(11-12-22-20)14(2)16-7-5-4-6-8-16/h1,4-10,13-14,18,20,22H,11-12H2,2H3/t14-,18+,20+/m1/s1. The van der Waals surface area contributed by atoms with E-state index in [4.69, 9.17) is 18.0 Å². The molecule has 0 amide bonds. The van der Waals surface area contributed by atoms with Gasteiger partial charge in [-0.2, -0.15) is 0 Å². The number of terminal acetylenes is 1. The molecule has 112 valence electrons. The van der Waals surface area contributed by atoms with Crippen LogP contribution in [0, 0.1) is 18.3 Å². The van der Waals surface area contributed by atoms with E-state index >= 15 is 0 Å². The molecule has 0 saturated carbocycles. The van der Waals surface area contributed by atoms with Gasteiger partial charge in [0.15, 0.2) is 0 Å². The molecule has 1 saturated heterocycles. The van der Waals surface area contributed by atoms with E-state index in [0.29, 0.717) is 22.9 Å². The molecule has 2 aromatic carbocycles. The van der Waals surface area contributed by atoms with Gasteiger partial charge in [-0.15, -0.1) is 6.42 Å². The smallest absolute Gasteiger partial charge is 0.0418 e. The Morgan fingerprint density at radius 2 is 2.00 bits per heavy atom. The van der Waals surface area contributed by atoms with E-state index < -0.39 is 0 Å². The Bertz CT molecular complexity index is 687. The van der Waals surface area contributed by atoms with Crippen LogP contribution in [0.1, 0.15) is 42.0 Å². The largest absolute Gasteiger partial charge is 0.310 e. The van der Waals surface area contributed by atoms with Gasteiger partial charge >= 0.3 is 0 Å². The third kappa shape index (κ3) is 2.90.